The maximum atomic E-state index is 11.2. The first-order chi connectivity index (χ1) is 10.5. The van der Waals surface area contributed by atoms with Crippen LogP contribution in [-0.2, 0) is 17.6 Å². The Bertz CT molecular complexity index is 706. The van der Waals surface area contributed by atoms with Crippen molar-refractivity contribution in [1.82, 2.24) is 0 Å². The van der Waals surface area contributed by atoms with E-state index in [9.17, 15) is 15.0 Å². The highest BCUT2D eigenvalue weighted by atomic mass is 16.5. The number of carboxylic acid groups (broad SMARTS) is 1. The summed E-state index contributed by atoms with van der Waals surface area (Å²) in [5.41, 5.74) is 2.00. The molecule has 0 heterocycles. The van der Waals surface area contributed by atoms with Crippen LogP contribution >= 0.6 is 0 Å². The molecule has 0 atom stereocenters. The fourth-order valence-corrected chi connectivity index (χ4v) is 2.59. The third-order valence-corrected chi connectivity index (χ3v) is 3.54. The Morgan fingerprint density at radius 3 is 2.45 bits per heavy atom. The molecule has 0 bridgehead atoms. The largest absolute Gasteiger partial charge is 0.508 e. The van der Waals surface area contributed by atoms with Crippen LogP contribution in [-0.4, -0.2) is 28.4 Å². The van der Waals surface area contributed by atoms with Crippen LogP contribution in [0.5, 0.6) is 17.2 Å². The van der Waals surface area contributed by atoms with Crippen molar-refractivity contribution in [3.05, 3.63) is 41.5 Å². The molecular weight excluding hydrogens is 284 g/mol. The number of hydrogen-bond acceptors (Lipinski definition) is 4. The third kappa shape index (κ3) is 2.98. The first-order valence-corrected chi connectivity index (χ1v) is 6.90. The Morgan fingerprint density at radius 2 is 1.86 bits per heavy atom. The van der Waals surface area contributed by atoms with Crippen molar-refractivity contribution in [3.63, 3.8) is 0 Å². The van der Waals surface area contributed by atoms with Gasteiger partial charge in [0.1, 0.15) is 17.2 Å². The maximum absolute atomic E-state index is 11.2. The zero-order valence-corrected chi connectivity index (χ0v) is 12.5. The Morgan fingerprint density at radius 1 is 1.14 bits per heavy atom. The van der Waals surface area contributed by atoms with Crippen LogP contribution < -0.4 is 4.74 Å². The molecule has 0 aliphatic carbocycles. The number of ether oxygens (including phenoxy) is 1. The summed E-state index contributed by atoms with van der Waals surface area (Å²) in [4.78, 5) is 11.2. The molecule has 0 spiro atoms. The summed E-state index contributed by atoms with van der Waals surface area (Å²) in [5, 5.41) is 29.4. The summed E-state index contributed by atoms with van der Waals surface area (Å²) in [5.74, 6) is -0.671. The summed E-state index contributed by atoms with van der Waals surface area (Å²) < 4.78 is 5.17. The van der Waals surface area contributed by atoms with Crippen molar-refractivity contribution in [2.24, 2.45) is 0 Å². The van der Waals surface area contributed by atoms with Crippen LogP contribution in [0.25, 0.3) is 11.1 Å². The van der Waals surface area contributed by atoms with Gasteiger partial charge in [-0.3, -0.25) is 4.79 Å². The zero-order chi connectivity index (χ0) is 16.3. The lowest BCUT2D eigenvalue weighted by molar-refractivity contribution is -0.136. The number of hydrogen-bond donors (Lipinski definition) is 3. The molecule has 22 heavy (non-hydrogen) atoms. The lowest BCUT2D eigenvalue weighted by Gasteiger charge is -2.17. The van der Waals surface area contributed by atoms with E-state index < -0.39 is 5.97 Å². The molecule has 2 aromatic carbocycles. The molecule has 3 N–H and O–H groups in total. The van der Waals surface area contributed by atoms with Gasteiger partial charge in [-0.25, -0.2) is 0 Å². The number of phenolic OH excluding ortho intramolecular Hbond substituents is 2. The fraction of sp³-hybridized carbons (Fsp3) is 0.235. The maximum Gasteiger partial charge on any atom is 0.307 e. The summed E-state index contributed by atoms with van der Waals surface area (Å²) in [7, 11) is 1.53. The number of phenols is 2. The van der Waals surface area contributed by atoms with Crippen molar-refractivity contribution in [1.29, 1.82) is 0 Å². The van der Waals surface area contributed by atoms with Gasteiger partial charge in [0.05, 0.1) is 13.5 Å². The molecule has 116 valence electrons. The monoisotopic (exact) mass is 302 g/mol. The van der Waals surface area contributed by atoms with Gasteiger partial charge in [0.2, 0.25) is 0 Å². The smallest absolute Gasteiger partial charge is 0.307 e. The normalized spacial score (nSPS) is 10.5. The number of benzene rings is 2. The lowest BCUT2D eigenvalue weighted by Crippen LogP contribution is -2.06. The highest BCUT2D eigenvalue weighted by molar-refractivity contribution is 5.82. The predicted molar refractivity (Wildman–Crippen MR) is 82.5 cm³/mol. The van der Waals surface area contributed by atoms with E-state index in [1.807, 2.05) is 6.92 Å². The number of carbonyl (C=O) groups is 1. The molecule has 0 saturated carbocycles. The van der Waals surface area contributed by atoms with E-state index in [0.717, 1.165) is 0 Å². The molecule has 0 aliphatic rings. The van der Waals surface area contributed by atoms with Crippen LogP contribution in [0.2, 0.25) is 0 Å². The molecule has 5 nitrogen and oxygen atoms in total. The quantitative estimate of drug-likeness (QED) is 0.790. The molecule has 2 aromatic rings. The number of aromatic hydroxyl groups is 2. The number of aliphatic carboxylic acids is 1. The van der Waals surface area contributed by atoms with Crippen LogP contribution in [0.3, 0.4) is 0 Å². The molecule has 0 fully saturated rings. The summed E-state index contributed by atoms with van der Waals surface area (Å²) in [6.07, 6.45) is 0.184. The Hall–Kier alpha value is -2.69. The van der Waals surface area contributed by atoms with Crippen LogP contribution in [0.1, 0.15) is 18.1 Å². The van der Waals surface area contributed by atoms with Gasteiger partial charge < -0.3 is 20.1 Å². The minimum Gasteiger partial charge on any atom is -0.508 e. The van der Waals surface area contributed by atoms with Crippen LogP contribution in [0.4, 0.5) is 0 Å². The zero-order valence-electron chi connectivity index (χ0n) is 12.5. The minimum absolute atomic E-state index is 0.0945. The molecule has 0 saturated heterocycles. The molecule has 0 aromatic heterocycles. The minimum atomic E-state index is -1.02. The van der Waals surface area contributed by atoms with E-state index in [1.54, 1.807) is 24.3 Å². The predicted octanol–water partition coefficient (Wildman–Crippen LogP) is 2.96. The Kier molecular flexibility index (Phi) is 4.56. The van der Waals surface area contributed by atoms with E-state index in [2.05, 4.69) is 0 Å². The van der Waals surface area contributed by atoms with Gasteiger partial charge in [-0.05, 0) is 35.2 Å². The summed E-state index contributed by atoms with van der Waals surface area (Å²) in [6.45, 7) is 1.83. The van der Waals surface area contributed by atoms with Gasteiger partial charge >= 0.3 is 5.97 Å². The van der Waals surface area contributed by atoms with Gasteiger partial charge in [0.15, 0.2) is 0 Å². The summed E-state index contributed by atoms with van der Waals surface area (Å²) >= 11 is 0. The van der Waals surface area contributed by atoms with E-state index in [-0.39, 0.29) is 17.9 Å². The molecular formula is C17H18O5. The second-order valence-corrected chi connectivity index (χ2v) is 4.90. The van der Waals surface area contributed by atoms with Crippen LogP contribution in [0.15, 0.2) is 30.3 Å². The fourth-order valence-electron chi connectivity index (χ4n) is 2.59. The van der Waals surface area contributed by atoms with Crippen LogP contribution in [0, 0.1) is 0 Å². The Balaban J connectivity index is 2.74. The van der Waals surface area contributed by atoms with Crippen molar-refractivity contribution < 1.29 is 24.9 Å². The second kappa shape index (κ2) is 6.39. The molecule has 0 unspecified atom stereocenters. The first kappa shape index (κ1) is 15.7. The van der Waals surface area contributed by atoms with Gasteiger partial charge in [-0.1, -0.05) is 19.1 Å². The van der Waals surface area contributed by atoms with E-state index in [0.29, 0.717) is 34.4 Å². The van der Waals surface area contributed by atoms with Gasteiger partial charge in [-0.2, -0.15) is 0 Å². The van der Waals surface area contributed by atoms with E-state index >= 15 is 0 Å². The van der Waals surface area contributed by atoms with E-state index in [4.69, 9.17) is 9.84 Å². The van der Waals surface area contributed by atoms with Crippen molar-refractivity contribution >= 4 is 5.97 Å². The SMILES string of the molecule is CCc1c(O)cc(O)c(-c2cccc(OC)c2)c1CC(=O)O. The standard InChI is InChI=1S/C17H18O5/c1-3-12-13(8-16(20)21)17(15(19)9-14(12)18)10-5-4-6-11(7-10)22-2/h4-7,9,18-19H,3,8H2,1-2H3,(H,20,21). The molecule has 0 aliphatic heterocycles. The van der Waals surface area contributed by atoms with Crippen molar-refractivity contribution in [2.75, 3.05) is 7.11 Å². The van der Waals surface area contributed by atoms with E-state index in [1.165, 1.54) is 13.2 Å². The molecule has 2 rings (SSSR count). The molecule has 0 amide bonds. The molecule has 5 heteroatoms. The third-order valence-electron chi connectivity index (χ3n) is 3.54. The lowest BCUT2D eigenvalue weighted by atomic mass is 9.90. The van der Waals surface area contributed by atoms with Gasteiger partial charge in [0.25, 0.3) is 0 Å². The van der Waals surface area contributed by atoms with Gasteiger partial charge in [0, 0.05) is 11.6 Å². The van der Waals surface area contributed by atoms with Crippen molar-refractivity contribution in [2.45, 2.75) is 19.8 Å². The average Bonchev–Trinajstić information content (AvgIpc) is 2.47. The average molecular weight is 302 g/mol. The second-order valence-electron chi connectivity index (χ2n) is 4.90. The first-order valence-electron chi connectivity index (χ1n) is 6.90. The number of carboxylic acids is 1. The van der Waals surface area contributed by atoms with Gasteiger partial charge in [-0.15, -0.1) is 0 Å². The summed E-state index contributed by atoms with van der Waals surface area (Å²) in [6, 6.07) is 8.25. The van der Waals surface area contributed by atoms with Crippen molar-refractivity contribution in [3.8, 4) is 28.4 Å². The highest BCUT2D eigenvalue weighted by Crippen LogP contribution is 2.40. The highest BCUT2D eigenvalue weighted by Gasteiger charge is 2.20. The number of rotatable bonds is 5. The Labute approximate surface area is 128 Å². The molecule has 0 radical (unpaired) electrons. The topological polar surface area (TPSA) is 87.0 Å². The number of methoxy groups -OCH3 is 1.